The van der Waals surface area contributed by atoms with Gasteiger partial charge in [0.05, 0.1) is 0 Å². The summed E-state index contributed by atoms with van der Waals surface area (Å²) in [6, 6.07) is 0. The summed E-state index contributed by atoms with van der Waals surface area (Å²) in [7, 11) is 0. The van der Waals surface area contributed by atoms with Crippen molar-refractivity contribution in [2.75, 3.05) is 0 Å². The number of rotatable bonds is 2. The van der Waals surface area contributed by atoms with Crippen molar-refractivity contribution >= 4 is 39.3 Å². The summed E-state index contributed by atoms with van der Waals surface area (Å²) in [5, 5.41) is 0. The van der Waals surface area contributed by atoms with E-state index >= 15 is 0 Å². The topological polar surface area (TPSA) is 0 Å². The summed E-state index contributed by atoms with van der Waals surface area (Å²) in [5.74, 6) is 0. The third kappa shape index (κ3) is 5.67. The summed E-state index contributed by atoms with van der Waals surface area (Å²) >= 11 is 5.20. The van der Waals surface area contributed by atoms with Gasteiger partial charge in [-0.05, 0) is 0 Å². The Labute approximate surface area is 72.8 Å². The van der Waals surface area contributed by atoms with E-state index in [-0.39, 0.29) is 0 Å². The van der Waals surface area contributed by atoms with Gasteiger partial charge in [-0.15, -0.1) is 0 Å². The average molecular weight is 361 g/mol. The van der Waals surface area contributed by atoms with Crippen LogP contribution in [0.4, 0.5) is 0 Å². The van der Waals surface area contributed by atoms with E-state index in [1.54, 1.807) is 0 Å². The molecule has 0 heterocycles. The maximum atomic E-state index is 3.66. The molecule has 0 aromatic heterocycles. The first-order valence-electron chi connectivity index (χ1n) is 2.78. The molecule has 0 atom stereocenters. The van der Waals surface area contributed by atoms with Crippen LogP contribution < -0.4 is 0 Å². The van der Waals surface area contributed by atoms with Gasteiger partial charge in [0, 0.05) is 0 Å². The Hall–Kier alpha value is 1.24. The van der Waals surface area contributed by atoms with E-state index in [1.807, 2.05) is 13.8 Å². The van der Waals surface area contributed by atoms with Crippen molar-refractivity contribution in [1.82, 2.24) is 0 Å². The number of hydrogen-bond acceptors (Lipinski definition) is 0. The molecule has 0 nitrogen and oxygen atoms in total. The monoisotopic (exact) mass is 360 g/mol. The van der Waals surface area contributed by atoms with Gasteiger partial charge >= 0.3 is 73.5 Å². The fourth-order valence-corrected chi connectivity index (χ4v) is 10.4. The van der Waals surface area contributed by atoms with Crippen LogP contribution in [0.2, 0.25) is 0 Å². The van der Waals surface area contributed by atoms with Gasteiger partial charge in [0.25, 0.3) is 0 Å². The van der Waals surface area contributed by atoms with Crippen molar-refractivity contribution in [3.63, 3.8) is 0 Å². The molecule has 0 bridgehead atoms. The fraction of sp³-hybridized carbons (Fsp3) is 0.333. The molecular formula is C6H10Br2Sn. The molecule has 3 heteroatoms. The Bertz CT molecular complexity index is 113. The van der Waals surface area contributed by atoms with Gasteiger partial charge in [-0.3, -0.25) is 0 Å². The first-order chi connectivity index (χ1) is 4.12. The summed E-state index contributed by atoms with van der Waals surface area (Å²) in [4.78, 5) is 0. The molecule has 0 fully saturated rings. The molecular weight excluding hydrogens is 351 g/mol. The van der Waals surface area contributed by atoms with Gasteiger partial charge in [-0.25, -0.2) is 0 Å². The van der Waals surface area contributed by atoms with Crippen LogP contribution in [-0.2, 0) is 0 Å². The molecule has 0 spiro atoms. The summed E-state index contributed by atoms with van der Waals surface area (Å²) < 4.78 is 4.46. The van der Waals surface area contributed by atoms with Crippen molar-refractivity contribution in [2.24, 2.45) is 0 Å². The Balaban J connectivity index is 4.01. The summed E-state index contributed by atoms with van der Waals surface area (Å²) in [6.07, 6.45) is 4.17. The van der Waals surface area contributed by atoms with Crippen LogP contribution >= 0.6 is 25.4 Å². The van der Waals surface area contributed by atoms with Crippen LogP contribution in [-0.4, -0.2) is 13.9 Å². The second-order valence-corrected chi connectivity index (χ2v) is 32.2. The molecule has 0 radical (unpaired) electrons. The molecule has 0 amide bonds. The third-order valence-corrected chi connectivity index (χ3v) is 12.3. The van der Waals surface area contributed by atoms with Gasteiger partial charge in [-0.2, -0.15) is 0 Å². The molecule has 0 N–H and O–H groups in total. The quantitative estimate of drug-likeness (QED) is 0.662. The molecule has 0 aliphatic carbocycles. The zero-order valence-electron chi connectivity index (χ0n) is 5.57. The Morgan fingerprint density at radius 3 is 1.56 bits per heavy atom. The maximum absolute atomic E-state index is 3.66. The third-order valence-electron chi connectivity index (χ3n) is 0.778. The molecule has 0 saturated heterocycles. The molecule has 0 aliphatic rings. The van der Waals surface area contributed by atoms with Crippen LogP contribution in [0.1, 0.15) is 13.8 Å². The molecule has 0 aromatic carbocycles. The second kappa shape index (κ2) is 4.96. The average Bonchev–Trinajstić information content (AvgIpc) is 1.64. The first-order valence-corrected chi connectivity index (χ1v) is 18.9. The normalized spacial score (nSPS) is 13.8. The van der Waals surface area contributed by atoms with E-state index in [4.69, 9.17) is 0 Å². The van der Waals surface area contributed by atoms with E-state index in [1.165, 1.54) is 0 Å². The Morgan fingerprint density at radius 2 is 1.33 bits per heavy atom. The van der Waals surface area contributed by atoms with Gasteiger partial charge in [0.1, 0.15) is 0 Å². The Morgan fingerprint density at radius 1 is 1.00 bits per heavy atom. The second-order valence-electron chi connectivity index (χ2n) is 1.67. The molecule has 0 unspecified atom stereocenters. The van der Waals surface area contributed by atoms with E-state index in [2.05, 4.69) is 45.7 Å². The molecule has 0 rings (SSSR count). The van der Waals surface area contributed by atoms with E-state index in [0.29, 0.717) is 0 Å². The summed E-state index contributed by atoms with van der Waals surface area (Å²) in [5.41, 5.74) is 0. The number of halogens is 2. The van der Waals surface area contributed by atoms with Crippen molar-refractivity contribution in [2.45, 2.75) is 13.8 Å². The van der Waals surface area contributed by atoms with Gasteiger partial charge in [-0.1, -0.05) is 0 Å². The molecule has 52 valence electrons. The van der Waals surface area contributed by atoms with Crippen molar-refractivity contribution in [3.05, 3.63) is 20.3 Å². The molecule has 9 heavy (non-hydrogen) atoms. The van der Waals surface area contributed by atoms with Crippen LogP contribution in [0.5, 0.6) is 0 Å². The predicted molar refractivity (Wildman–Crippen MR) is 53.2 cm³/mol. The SMILES string of the molecule is CC=[CH][Sn]([Br])([Br])[CH]=CC. The summed E-state index contributed by atoms with van der Waals surface area (Å²) in [6.45, 7) is 4.08. The zero-order valence-corrected chi connectivity index (χ0v) is 11.6. The van der Waals surface area contributed by atoms with Gasteiger partial charge < -0.3 is 0 Å². The van der Waals surface area contributed by atoms with Crippen LogP contribution in [0.25, 0.3) is 0 Å². The van der Waals surface area contributed by atoms with Crippen LogP contribution in [0.3, 0.4) is 0 Å². The molecule has 0 aliphatic heterocycles. The van der Waals surface area contributed by atoms with E-state index in [9.17, 15) is 0 Å². The van der Waals surface area contributed by atoms with Gasteiger partial charge in [0.15, 0.2) is 0 Å². The first kappa shape index (κ1) is 10.2. The van der Waals surface area contributed by atoms with Crippen molar-refractivity contribution in [1.29, 1.82) is 0 Å². The molecule has 0 aromatic rings. The predicted octanol–water partition coefficient (Wildman–Crippen LogP) is 3.45. The standard InChI is InChI=1S/2C3H5.2BrH.Sn/c2*1-3-2;;;/h2*1,3H,2H3;2*1H;/q;;;;+2/p-2. The van der Waals surface area contributed by atoms with Crippen molar-refractivity contribution < 1.29 is 0 Å². The van der Waals surface area contributed by atoms with Crippen LogP contribution in [0.15, 0.2) is 20.3 Å². The van der Waals surface area contributed by atoms with Crippen LogP contribution in [0, 0.1) is 0 Å². The number of hydrogen-bond donors (Lipinski definition) is 0. The zero-order chi connectivity index (χ0) is 7.33. The van der Waals surface area contributed by atoms with Gasteiger partial charge in [0.2, 0.25) is 0 Å². The molecule has 0 saturated carbocycles. The minimum absolute atomic E-state index is 2.04. The van der Waals surface area contributed by atoms with E-state index in [0.717, 1.165) is 0 Å². The van der Waals surface area contributed by atoms with Crippen molar-refractivity contribution in [3.8, 4) is 0 Å². The van der Waals surface area contributed by atoms with E-state index < -0.39 is 13.9 Å². The minimum atomic E-state index is -2.11. The fourth-order valence-electron chi connectivity index (χ4n) is 0.500. The Kier molecular flexibility index (Phi) is 5.65. The number of allylic oxidation sites excluding steroid dienone is 2.